The van der Waals surface area contributed by atoms with Gasteiger partial charge in [0.15, 0.2) is 0 Å². The highest BCUT2D eigenvalue weighted by Crippen LogP contribution is 2.29. The van der Waals surface area contributed by atoms with Crippen molar-refractivity contribution in [2.75, 3.05) is 19.7 Å². The lowest BCUT2D eigenvalue weighted by molar-refractivity contribution is 0.0283. The molecule has 2 N–H and O–H groups in total. The van der Waals surface area contributed by atoms with Crippen LogP contribution in [0.15, 0.2) is 53.0 Å². The van der Waals surface area contributed by atoms with Crippen LogP contribution in [-0.2, 0) is 0 Å². The van der Waals surface area contributed by atoms with Crippen molar-refractivity contribution in [1.29, 1.82) is 5.26 Å². The second-order valence-corrected chi connectivity index (χ2v) is 11.2. The van der Waals surface area contributed by atoms with Crippen LogP contribution >= 0.6 is 11.6 Å². The Kier molecular flexibility index (Phi) is 8.75. The molecule has 0 radical (unpaired) electrons. The number of hydrogen-bond donors (Lipinski definition) is 2. The Morgan fingerprint density at radius 2 is 2.15 bits per heavy atom. The Hall–Kier alpha value is -4.27. The van der Waals surface area contributed by atoms with Crippen LogP contribution in [0.1, 0.15) is 62.2 Å². The van der Waals surface area contributed by atoms with Gasteiger partial charge >= 0.3 is 0 Å². The first-order valence-corrected chi connectivity index (χ1v) is 13.5. The van der Waals surface area contributed by atoms with Crippen molar-refractivity contribution >= 4 is 41.3 Å². The van der Waals surface area contributed by atoms with E-state index in [2.05, 4.69) is 43.1 Å². The molecule has 12 heteroatoms. The third kappa shape index (κ3) is 7.09. The molecule has 4 rings (SSSR count). The molecule has 0 spiro atoms. The van der Waals surface area contributed by atoms with Crippen molar-refractivity contribution in [2.45, 2.75) is 51.7 Å². The topological polar surface area (TPSA) is 140 Å². The maximum absolute atomic E-state index is 12.8. The number of ether oxygens (including phenoxy) is 1. The molecule has 3 aromatic heterocycles. The summed E-state index contributed by atoms with van der Waals surface area (Å²) in [7, 11) is 0. The van der Waals surface area contributed by atoms with Gasteiger partial charge in [0.2, 0.25) is 0 Å². The summed E-state index contributed by atoms with van der Waals surface area (Å²) in [6, 6.07) is 7.22. The van der Waals surface area contributed by atoms with Crippen LogP contribution in [0.2, 0.25) is 5.02 Å². The molecular weight excluding hydrogens is 544 g/mol. The number of carbonyl (C=O) groups is 1. The van der Waals surface area contributed by atoms with Gasteiger partial charge < -0.3 is 20.1 Å². The molecule has 1 aliphatic heterocycles. The van der Waals surface area contributed by atoms with E-state index in [1.807, 2.05) is 13.8 Å². The normalized spacial score (nSPS) is 15.9. The monoisotopic (exact) mass is 576 g/mol. The number of rotatable bonds is 8. The van der Waals surface area contributed by atoms with Gasteiger partial charge in [0.1, 0.15) is 30.0 Å². The zero-order valence-corrected chi connectivity index (χ0v) is 24.3. The number of carbonyl (C=O) groups excluding carboxylic acids is 1. The molecule has 1 saturated heterocycles. The van der Waals surface area contributed by atoms with E-state index >= 15 is 0 Å². The smallest absolute Gasteiger partial charge is 0.271 e. The second kappa shape index (κ2) is 12.1. The minimum Gasteiger partial charge on any atom is -0.489 e. The van der Waals surface area contributed by atoms with Gasteiger partial charge in [0.25, 0.3) is 5.91 Å². The fourth-order valence-electron chi connectivity index (χ4n) is 4.48. The third-order valence-corrected chi connectivity index (χ3v) is 7.14. The Bertz CT molecular complexity index is 1560. The number of aliphatic hydroxyl groups is 1. The Balaban J connectivity index is 1.52. The van der Waals surface area contributed by atoms with Gasteiger partial charge in [-0.2, -0.15) is 10.4 Å². The maximum atomic E-state index is 12.8. The molecule has 0 aromatic carbocycles. The molecule has 4 heterocycles. The molecule has 1 amide bonds. The standard InChI is InChI=1S/C29H33ClN8O3/c1-19(37-11-8-29(4,9-12-37)36-27(39)25-23(30)7-6-10-33-25)34-16-24(32-5)22-13-21(41-18-28(2,3)40)17-38-26(22)20(14-31)15-35-38/h6-7,10,13,15-17,40H,5,8-9,11-12,18H2,1-4H3,(H,36,39)/b24-16-,34-19?. The Morgan fingerprint density at radius 1 is 1.41 bits per heavy atom. The minimum atomic E-state index is -1.04. The van der Waals surface area contributed by atoms with Gasteiger partial charge in [0.05, 0.1) is 46.0 Å². The average molecular weight is 577 g/mol. The van der Waals surface area contributed by atoms with Crippen LogP contribution in [0.5, 0.6) is 5.75 Å². The predicted octanol–water partition coefficient (Wildman–Crippen LogP) is 4.11. The number of nitrogens with one attached hydrogen (secondary N) is 1. The van der Waals surface area contributed by atoms with Gasteiger partial charge in [-0.25, -0.2) is 14.5 Å². The molecule has 214 valence electrons. The van der Waals surface area contributed by atoms with E-state index < -0.39 is 11.1 Å². The molecule has 0 atom stereocenters. The Labute approximate surface area is 243 Å². The highest BCUT2D eigenvalue weighted by atomic mass is 35.5. The minimum absolute atomic E-state index is 0.0609. The fraction of sp³-hybridized carbons (Fsp3) is 0.379. The van der Waals surface area contributed by atoms with Crippen LogP contribution < -0.4 is 10.1 Å². The van der Waals surface area contributed by atoms with Gasteiger partial charge in [-0.3, -0.25) is 9.79 Å². The van der Waals surface area contributed by atoms with E-state index in [9.17, 15) is 15.2 Å². The zero-order chi connectivity index (χ0) is 29.8. The molecule has 0 bridgehead atoms. The number of amidine groups is 1. The van der Waals surface area contributed by atoms with E-state index in [4.69, 9.17) is 16.3 Å². The van der Waals surface area contributed by atoms with Crippen molar-refractivity contribution in [3.63, 3.8) is 0 Å². The number of aromatic nitrogens is 3. The van der Waals surface area contributed by atoms with Gasteiger partial charge in [-0.1, -0.05) is 11.6 Å². The molecule has 41 heavy (non-hydrogen) atoms. The third-order valence-electron chi connectivity index (χ3n) is 6.83. The average Bonchev–Trinajstić information content (AvgIpc) is 3.35. The van der Waals surface area contributed by atoms with Gasteiger partial charge in [-0.05, 0) is 65.5 Å². The van der Waals surface area contributed by atoms with Crippen LogP contribution in [0, 0.1) is 11.3 Å². The molecule has 0 aliphatic carbocycles. The summed E-state index contributed by atoms with van der Waals surface area (Å²) < 4.78 is 7.33. The fourth-order valence-corrected chi connectivity index (χ4v) is 4.69. The zero-order valence-electron chi connectivity index (χ0n) is 23.6. The Morgan fingerprint density at radius 3 is 2.78 bits per heavy atom. The van der Waals surface area contributed by atoms with Crippen molar-refractivity contribution in [3.05, 3.63) is 64.8 Å². The number of amides is 1. The number of nitrogens with zero attached hydrogens (tertiary/aromatic N) is 7. The first-order valence-electron chi connectivity index (χ1n) is 13.1. The number of piperidine rings is 1. The van der Waals surface area contributed by atoms with Gasteiger partial charge in [0, 0.05) is 30.4 Å². The largest absolute Gasteiger partial charge is 0.489 e. The number of nitriles is 1. The maximum Gasteiger partial charge on any atom is 0.271 e. The lowest BCUT2D eigenvalue weighted by Crippen LogP contribution is -2.54. The highest BCUT2D eigenvalue weighted by molar-refractivity contribution is 6.33. The first kappa shape index (κ1) is 29.7. The lowest BCUT2D eigenvalue weighted by atomic mass is 9.89. The van der Waals surface area contributed by atoms with E-state index in [-0.39, 0.29) is 18.2 Å². The molecule has 1 fully saturated rings. The molecular formula is C29H33ClN8O3. The van der Waals surface area contributed by atoms with Crippen molar-refractivity contribution in [3.8, 4) is 11.8 Å². The number of pyridine rings is 2. The van der Waals surface area contributed by atoms with Crippen LogP contribution in [0.4, 0.5) is 0 Å². The quantitative estimate of drug-likeness (QED) is 0.304. The summed E-state index contributed by atoms with van der Waals surface area (Å²) in [5.74, 6) is 0.923. The first-order chi connectivity index (χ1) is 19.4. The summed E-state index contributed by atoms with van der Waals surface area (Å²) in [6.45, 7) is 12.4. The van der Waals surface area contributed by atoms with Crippen LogP contribution in [0.3, 0.4) is 0 Å². The summed E-state index contributed by atoms with van der Waals surface area (Å²) in [5, 5.41) is 27.4. The molecule has 3 aromatic rings. The van der Waals surface area contributed by atoms with Crippen molar-refractivity contribution in [1.82, 2.24) is 24.8 Å². The SMILES string of the molecule is C=N/C(=C\N=C(C)N1CCC(C)(NC(=O)c2ncccc2Cl)CC1)c1cc(OCC(C)(C)O)cn2ncc(C#N)c12. The number of likely N-dealkylation sites (tertiary alicyclic amines) is 1. The summed E-state index contributed by atoms with van der Waals surface area (Å²) in [6.07, 6.45) is 7.67. The number of hydrogen-bond acceptors (Lipinski definition) is 8. The van der Waals surface area contributed by atoms with Crippen LogP contribution in [-0.4, -0.2) is 73.9 Å². The van der Waals surface area contributed by atoms with Crippen LogP contribution in [0.25, 0.3) is 11.2 Å². The number of halogens is 1. The number of fused-ring (bicyclic) bond motifs is 1. The van der Waals surface area contributed by atoms with Crippen molar-refractivity contribution in [2.24, 2.45) is 9.98 Å². The van der Waals surface area contributed by atoms with E-state index in [0.29, 0.717) is 59.0 Å². The van der Waals surface area contributed by atoms with E-state index in [1.165, 1.54) is 6.20 Å². The predicted molar refractivity (Wildman–Crippen MR) is 158 cm³/mol. The summed E-state index contributed by atoms with van der Waals surface area (Å²) >= 11 is 6.15. The molecule has 0 unspecified atom stereocenters. The van der Waals surface area contributed by atoms with E-state index in [1.54, 1.807) is 55.2 Å². The number of aliphatic imine (C=N–C) groups is 2. The highest BCUT2D eigenvalue weighted by Gasteiger charge is 2.33. The molecule has 11 nitrogen and oxygen atoms in total. The molecule has 0 saturated carbocycles. The van der Waals surface area contributed by atoms with Crippen molar-refractivity contribution < 1.29 is 14.6 Å². The molecule has 1 aliphatic rings. The lowest BCUT2D eigenvalue weighted by Gasteiger charge is -2.40. The second-order valence-electron chi connectivity index (χ2n) is 10.8. The van der Waals surface area contributed by atoms with E-state index in [0.717, 1.165) is 5.84 Å². The summed E-state index contributed by atoms with van der Waals surface area (Å²) in [5.41, 5.74) is 0.685. The van der Waals surface area contributed by atoms with Gasteiger partial charge in [-0.15, -0.1) is 0 Å². The summed E-state index contributed by atoms with van der Waals surface area (Å²) in [4.78, 5) is 27.9.